The molecule has 0 aliphatic heterocycles. The Hall–Kier alpha value is -2.92. The van der Waals surface area contributed by atoms with E-state index in [4.69, 9.17) is 4.74 Å². The molecule has 1 aromatic carbocycles. The fraction of sp³-hybridized carbons (Fsp3) is 0.316. The Morgan fingerprint density at radius 2 is 2.00 bits per heavy atom. The monoisotopic (exact) mass is 446 g/mol. The third-order valence-electron chi connectivity index (χ3n) is 4.15. The van der Waals surface area contributed by atoms with Crippen LogP contribution in [0.1, 0.15) is 34.8 Å². The van der Waals surface area contributed by atoms with Gasteiger partial charge in [-0.25, -0.2) is 4.98 Å². The maximum absolute atomic E-state index is 12.5. The molecule has 2 amide bonds. The summed E-state index contributed by atoms with van der Waals surface area (Å²) in [6.45, 7) is 3.70. The number of thioether (sulfide) groups is 1. The Bertz CT molecular complexity index is 1030. The highest BCUT2D eigenvalue weighted by Crippen LogP contribution is 2.21. The molecule has 0 saturated heterocycles. The second kappa shape index (κ2) is 9.72. The van der Waals surface area contributed by atoms with Crippen LogP contribution in [0.4, 0.5) is 5.13 Å². The summed E-state index contributed by atoms with van der Waals surface area (Å²) in [5.74, 6) is 1.07. The average molecular weight is 447 g/mol. The zero-order chi connectivity index (χ0) is 21.7. The van der Waals surface area contributed by atoms with Crippen molar-refractivity contribution in [1.29, 1.82) is 0 Å². The van der Waals surface area contributed by atoms with Crippen LogP contribution >= 0.6 is 23.1 Å². The van der Waals surface area contributed by atoms with Gasteiger partial charge in [-0.2, -0.15) is 0 Å². The van der Waals surface area contributed by atoms with E-state index in [9.17, 15) is 9.59 Å². The quantitative estimate of drug-likeness (QED) is 0.512. The molecular formula is C19H22N6O3S2. The molecule has 0 spiro atoms. The standard InChI is InChI=1S/C19H22N6O3S2/c1-11-9-29-18(20-11)22-15(26)10-30-19-24-23-16(25(19)3)12(2)21-17(27)13-5-7-14(28-4)8-6-13/h5-9,12H,10H2,1-4H3,(H,21,27)(H,20,22,26)/t12-/m0/s1. The number of thiazole rings is 1. The lowest BCUT2D eigenvalue weighted by molar-refractivity contribution is -0.113. The van der Waals surface area contributed by atoms with E-state index in [-0.39, 0.29) is 23.6 Å². The van der Waals surface area contributed by atoms with Gasteiger partial charge in [0.2, 0.25) is 5.91 Å². The van der Waals surface area contributed by atoms with Gasteiger partial charge in [-0.05, 0) is 38.1 Å². The van der Waals surface area contributed by atoms with Crippen LogP contribution < -0.4 is 15.4 Å². The molecule has 158 valence electrons. The number of aryl methyl sites for hydroxylation is 1. The van der Waals surface area contributed by atoms with E-state index >= 15 is 0 Å². The van der Waals surface area contributed by atoms with Crippen molar-refractivity contribution in [2.24, 2.45) is 7.05 Å². The molecule has 30 heavy (non-hydrogen) atoms. The summed E-state index contributed by atoms with van der Waals surface area (Å²) in [6, 6.07) is 6.49. The highest BCUT2D eigenvalue weighted by atomic mass is 32.2. The number of hydrogen-bond acceptors (Lipinski definition) is 8. The first-order chi connectivity index (χ1) is 14.4. The molecule has 3 rings (SSSR count). The highest BCUT2D eigenvalue weighted by molar-refractivity contribution is 7.99. The van der Waals surface area contributed by atoms with E-state index in [0.717, 1.165) is 5.69 Å². The zero-order valence-corrected chi connectivity index (χ0v) is 18.6. The molecular weight excluding hydrogens is 424 g/mol. The number of nitrogens with zero attached hydrogens (tertiary/aromatic N) is 4. The second-order valence-electron chi connectivity index (χ2n) is 6.45. The molecule has 9 nitrogen and oxygen atoms in total. The first kappa shape index (κ1) is 21.8. The van der Waals surface area contributed by atoms with Crippen LogP contribution in [0.5, 0.6) is 5.75 Å². The predicted octanol–water partition coefficient (Wildman–Crippen LogP) is 2.81. The summed E-state index contributed by atoms with van der Waals surface area (Å²) in [5, 5.41) is 17.0. The number of nitrogens with one attached hydrogen (secondary N) is 2. The number of benzene rings is 1. The third kappa shape index (κ3) is 5.36. The smallest absolute Gasteiger partial charge is 0.251 e. The Morgan fingerprint density at radius 1 is 1.27 bits per heavy atom. The second-order valence-corrected chi connectivity index (χ2v) is 8.25. The van der Waals surface area contributed by atoms with Crippen molar-refractivity contribution in [3.63, 3.8) is 0 Å². The van der Waals surface area contributed by atoms with E-state index in [1.54, 1.807) is 43.0 Å². The first-order valence-corrected chi connectivity index (χ1v) is 10.9. The summed E-state index contributed by atoms with van der Waals surface area (Å²) in [7, 11) is 3.38. The van der Waals surface area contributed by atoms with E-state index in [1.165, 1.54) is 23.1 Å². The van der Waals surface area contributed by atoms with E-state index in [1.807, 2.05) is 19.2 Å². The number of carbonyl (C=O) groups excluding carboxylic acids is 2. The van der Waals surface area contributed by atoms with Crippen molar-refractivity contribution in [2.75, 3.05) is 18.2 Å². The van der Waals surface area contributed by atoms with Gasteiger partial charge in [0.15, 0.2) is 16.1 Å². The van der Waals surface area contributed by atoms with Crippen molar-refractivity contribution >= 4 is 40.0 Å². The molecule has 2 N–H and O–H groups in total. The molecule has 3 aromatic rings. The van der Waals surface area contributed by atoms with Crippen LogP contribution in [0.15, 0.2) is 34.8 Å². The van der Waals surface area contributed by atoms with Crippen molar-refractivity contribution in [2.45, 2.75) is 25.0 Å². The number of amides is 2. The van der Waals surface area contributed by atoms with Gasteiger partial charge in [-0.1, -0.05) is 11.8 Å². The van der Waals surface area contributed by atoms with Crippen LogP contribution in [-0.4, -0.2) is 44.4 Å². The lowest BCUT2D eigenvalue weighted by Gasteiger charge is -2.14. The number of hydrogen-bond donors (Lipinski definition) is 2. The normalized spacial score (nSPS) is 11.7. The number of aromatic nitrogens is 4. The minimum atomic E-state index is -0.362. The van der Waals surface area contributed by atoms with Crippen LogP contribution in [-0.2, 0) is 11.8 Å². The van der Waals surface area contributed by atoms with Gasteiger partial charge in [0.05, 0.1) is 24.6 Å². The van der Waals surface area contributed by atoms with Crippen LogP contribution in [0.25, 0.3) is 0 Å². The van der Waals surface area contributed by atoms with E-state index < -0.39 is 0 Å². The van der Waals surface area contributed by atoms with Gasteiger partial charge < -0.3 is 19.9 Å². The van der Waals surface area contributed by atoms with Gasteiger partial charge in [0.1, 0.15) is 5.75 Å². The van der Waals surface area contributed by atoms with E-state index in [0.29, 0.717) is 27.4 Å². The summed E-state index contributed by atoms with van der Waals surface area (Å²) in [6.07, 6.45) is 0. The number of rotatable bonds is 8. The summed E-state index contributed by atoms with van der Waals surface area (Å²) < 4.78 is 6.87. The molecule has 0 fully saturated rings. The molecule has 0 bridgehead atoms. The summed E-state index contributed by atoms with van der Waals surface area (Å²) >= 11 is 2.65. The summed E-state index contributed by atoms with van der Waals surface area (Å²) in [5.41, 5.74) is 1.39. The molecule has 0 radical (unpaired) electrons. The predicted molar refractivity (Wildman–Crippen MR) is 116 cm³/mol. The molecule has 2 aromatic heterocycles. The maximum Gasteiger partial charge on any atom is 0.251 e. The van der Waals surface area contributed by atoms with Crippen LogP contribution in [0, 0.1) is 6.92 Å². The third-order valence-corrected chi connectivity index (χ3v) is 6.05. The molecule has 0 aliphatic carbocycles. The number of anilines is 1. The molecule has 0 aliphatic rings. The molecule has 2 heterocycles. The molecule has 1 atom stereocenters. The van der Waals surface area contributed by atoms with Crippen molar-refractivity contribution in [3.05, 3.63) is 46.7 Å². The van der Waals surface area contributed by atoms with Crippen molar-refractivity contribution in [1.82, 2.24) is 25.1 Å². The SMILES string of the molecule is COc1ccc(C(=O)N[C@@H](C)c2nnc(SCC(=O)Nc3nc(C)cs3)n2C)cc1. The fourth-order valence-electron chi connectivity index (χ4n) is 2.61. The lowest BCUT2D eigenvalue weighted by Crippen LogP contribution is -2.28. The number of carbonyl (C=O) groups is 2. The average Bonchev–Trinajstić information content (AvgIpc) is 3.31. The number of ether oxygens (including phenoxy) is 1. The largest absolute Gasteiger partial charge is 0.497 e. The Balaban J connectivity index is 1.56. The van der Waals surface area contributed by atoms with Gasteiger partial charge in [0, 0.05) is 18.0 Å². The Kier molecular flexibility index (Phi) is 7.06. The number of methoxy groups -OCH3 is 1. The van der Waals surface area contributed by atoms with Gasteiger partial charge >= 0.3 is 0 Å². The van der Waals surface area contributed by atoms with E-state index in [2.05, 4.69) is 25.8 Å². The molecule has 11 heteroatoms. The van der Waals surface area contributed by atoms with Gasteiger partial charge in [-0.15, -0.1) is 21.5 Å². The lowest BCUT2D eigenvalue weighted by atomic mass is 10.2. The minimum Gasteiger partial charge on any atom is -0.497 e. The molecule has 0 saturated carbocycles. The summed E-state index contributed by atoms with van der Waals surface area (Å²) in [4.78, 5) is 28.8. The van der Waals surface area contributed by atoms with Crippen molar-refractivity contribution < 1.29 is 14.3 Å². The minimum absolute atomic E-state index is 0.167. The first-order valence-electron chi connectivity index (χ1n) is 9.06. The van der Waals surface area contributed by atoms with Crippen LogP contribution in [0.2, 0.25) is 0 Å². The highest BCUT2D eigenvalue weighted by Gasteiger charge is 2.19. The zero-order valence-electron chi connectivity index (χ0n) is 17.0. The van der Waals surface area contributed by atoms with Crippen molar-refractivity contribution in [3.8, 4) is 5.75 Å². The van der Waals surface area contributed by atoms with Gasteiger partial charge in [0.25, 0.3) is 5.91 Å². The Labute approximate surface area is 182 Å². The maximum atomic E-state index is 12.5. The Morgan fingerprint density at radius 3 is 2.63 bits per heavy atom. The van der Waals surface area contributed by atoms with Crippen LogP contribution in [0.3, 0.4) is 0 Å². The topological polar surface area (TPSA) is 111 Å². The molecule has 0 unspecified atom stereocenters. The fourth-order valence-corrected chi connectivity index (χ4v) is 4.04. The van der Waals surface area contributed by atoms with Gasteiger partial charge in [-0.3, -0.25) is 9.59 Å².